The molecule has 0 fully saturated rings. The standard InChI is InChI=1S/C12H21NO2/c1-6-8-10(5)13-11(9(3)4)12(14)15-7-2/h8,13H,6-7H2,1-5H3/b10-8+. The summed E-state index contributed by atoms with van der Waals surface area (Å²) in [7, 11) is 0. The van der Waals surface area contributed by atoms with Crippen molar-refractivity contribution in [3.63, 3.8) is 0 Å². The molecule has 0 unspecified atom stereocenters. The fraction of sp³-hybridized carbons (Fsp3) is 0.583. The summed E-state index contributed by atoms with van der Waals surface area (Å²) < 4.78 is 4.96. The zero-order valence-electron chi connectivity index (χ0n) is 10.3. The van der Waals surface area contributed by atoms with Gasteiger partial charge in [0, 0.05) is 5.70 Å². The quantitative estimate of drug-likeness (QED) is 0.561. The highest BCUT2D eigenvalue weighted by Crippen LogP contribution is 2.05. The van der Waals surface area contributed by atoms with Gasteiger partial charge in [0.2, 0.25) is 0 Å². The molecule has 0 aliphatic heterocycles. The summed E-state index contributed by atoms with van der Waals surface area (Å²) in [5.74, 6) is -0.290. The van der Waals surface area contributed by atoms with E-state index >= 15 is 0 Å². The molecule has 0 rings (SSSR count). The minimum Gasteiger partial charge on any atom is -0.461 e. The van der Waals surface area contributed by atoms with E-state index in [0.29, 0.717) is 12.3 Å². The average Bonchev–Trinajstić information content (AvgIpc) is 2.14. The number of nitrogens with one attached hydrogen (secondary N) is 1. The molecule has 15 heavy (non-hydrogen) atoms. The first-order valence-corrected chi connectivity index (χ1v) is 5.31. The Labute approximate surface area is 92.2 Å². The maximum absolute atomic E-state index is 11.6. The third-order valence-electron chi connectivity index (χ3n) is 1.81. The van der Waals surface area contributed by atoms with E-state index in [1.165, 1.54) is 0 Å². The Kier molecular flexibility index (Phi) is 6.50. The van der Waals surface area contributed by atoms with Crippen LogP contribution >= 0.6 is 0 Å². The number of allylic oxidation sites excluding steroid dienone is 3. The van der Waals surface area contributed by atoms with E-state index in [1.807, 2.05) is 26.8 Å². The zero-order chi connectivity index (χ0) is 11.8. The number of hydrogen-bond acceptors (Lipinski definition) is 3. The molecular weight excluding hydrogens is 190 g/mol. The Morgan fingerprint density at radius 1 is 1.27 bits per heavy atom. The number of rotatable bonds is 5. The van der Waals surface area contributed by atoms with Gasteiger partial charge < -0.3 is 10.1 Å². The molecule has 0 atom stereocenters. The second kappa shape index (κ2) is 7.10. The first kappa shape index (κ1) is 13.8. The van der Waals surface area contributed by atoms with Crippen LogP contribution in [0.25, 0.3) is 0 Å². The van der Waals surface area contributed by atoms with Crippen molar-refractivity contribution < 1.29 is 9.53 Å². The average molecular weight is 211 g/mol. The van der Waals surface area contributed by atoms with Gasteiger partial charge in [-0.2, -0.15) is 0 Å². The molecule has 3 heteroatoms. The van der Waals surface area contributed by atoms with Crippen LogP contribution in [-0.2, 0) is 9.53 Å². The number of esters is 1. The third-order valence-corrected chi connectivity index (χ3v) is 1.81. The lowest BCUT2D eigenvalue weighted by atomic mass is 10.2. The summed E-state index contributed by atoms with van der Waals surface area (Å²) in [6.07, 6.45) is 2.97. The van der Waals surface area contributed by atoms with Gasteiger partial charge >= 0.3 is 5.97 Å². The van der Waals surface area contributed by atoms with Crippen molar-refractivity contribution in [1.29, 1.82) is 0 Å². The maximum Gasteiger partial charge on any atom is 0.354 e. The molecule has 1 N–H and O–H groups in total. The lowest BCUT2D eigenvalue weighted by Crippen LogP contribution is -2.22. The van der Waals surface area contributed by atoms with Gasteiger partial charge in [-0.1, -0.05) is 13.0 Å². The molecule has 0 bridgehead atoms. The molecule has 0 heterocycles. The molecule has 3 nitrogen and oxygen atoms in total. The van der Waals surface area contributed by atoms with E-state index in [2.05, 4.69) is 12.2 Å². The summed E-state index contributed by atoms with van der Waals surface area (Å²) in [5.41, 5.74) is 2.44. The van der Waals surface area contributed by atoms with Crippen LogP contribution in [0.4, 0.5) is 0 Å². The van der Waals surface area contributed by atoms with Gasteiger partial charge in [0.1, 0.15) is 5.70 Å². The van der Waals surface area contributed by atoms with Crippen molar-refractivity contribution >= 4 is 5.97 Å². The largest absolute Gasteiger partial charge is 0.461 e. The van der Waals surface area contributed by atoms with E-state index < -0.39 is 0 Å². The Hall–Kier alpha value is -1.25. The maximum atomic E-state index is 11.6. The van der Waals surface area contributed by atoms with Crippen LogP contribution in [0.5, 0.6) is 0 Å². The van der Waals surface area contributed by atoms with Crippen LogP contribution in [0.1, 0.15) is 41.0 Å². The molecule has 86 valence electrons. The van der Waals surface area contributed by atoms with Gasteiger partial charge in [-0.25, -0.2) is 4.79 Å². The molecule has 0 amide bonds. The Morgan fingerprint density at radius 2 is 1.87 bits per heavy atom. The number of carbonyl (C=O) groups excluding carboxylic acids is 1. The molecule has 0 saturated carbocycles. The van der Waals surface area contributed by atoms with Gasteiger partial charge in [-0.05, 0) is 39.7 Å². The Morgan fingerprint density at radius 3 is 2.27 bits per heavy atom. The third kappa shape index (κ3) is 5.25. The first-order valence-electron chi connectivity index (χ1n) is 5.31. The number of carbonyl (C=O) groups is 1. The summed E-state index contributed by atoms with van der Waals surface area (Å²) >= 11 is 0. The molecule has 0 radical (unpaired) electrons. The zero-order valence-corrected chi connectivity index (χ0v) is 10.3. The van der Waals surface area contributed by atoms with Crippen LogP contribution in [0, 0.1) is 0 Å². The summed E-state index contributed by atoms with van der Waals surface area (Å²) in [5, 5.41) is 3.07. The highest BCUT2D eigenvalue weighted by Gasteiger charge is 2.11. The minimum atomic E-state index is -0.290. The second-order valence-electron chi connectivity index (χ2n) is 3.52. The van der Waals surface area contributed by atoms with E-state index in [9.17, 15) is 4.79 Å². The lowest BCUT2D eigenvalue weighted by molar-refractivity contribution is -0.138. The van der Waals surface area contributed by atoms with Gasteiger partial charge in [-0.3, -0.25) is 0 Å². The Bertz CT molecular complexity index is 273. The summed E-state index contributed by atoms with van der Waals surface area (Å²) in [6.45, 7) is 9.96. The molecule has 0 aromatic rings. The van der Waals surface area contributed by atoms with Gasteiger partial charge in [0.15, 0.2) is 0 Å². The highest BCUT2D eigenvalue weighted by molar-refractivity contribution is 5.88. The van der Waals surface area contributed by atoms with Crippen LogP contribution < -0.4 is 5.32 Å². The first-order chi connectivity index (χ1) is 7.02. The van der Waals surface area contributed by atoms with Crippen molar-refractivity contribution in [2.45, 2.75) is 41.0 Å². The van der Waals surface area contributed by atoms with Crippen LogP contribution in [0.2, 0.25) is 0 Å². The molecule has 0 aliphatic rings. The number of hydrogen-bond donors (Lipinski definition) is 1. The van der Waals surface area contributed by atoms with Crippen molar-refractivity contribution in [1.82, 2.24) is 5.32 Å². The second-order valence-corrected chi connectivity index (χ2v) is 3.52. The number of ether oxygens (including phenoxy) is 1. The van der Waals surface area contributed by atoms with Crippen molar-refractivity contribution in [2.75, 3.05) is 6.61 Å². The normalized spacial score (nSPS) is 10.9. The molecule has 0 aliphatic carbocycles. The van der Waals surface area contributed by atoms with Crippen LogP contribution in [-0.4, -0.2) is 12.6 Å². The fourth-order valence-corrected chi connectivity index (χ4v) is 1.14. The van der Waals surface area contributed by atoms with Crippen molar-refractivity contribution in [2.24, 2.45) is 0 Å². The van der Waals surface area contributed by atoms with E-state index in [1.54, 1.807) is 6.92 Å². The summed E-state index contributed by atoms with van der Waals surface area (Å²) in [4.78, 5) is 11.6. The van der Waals surface area contributed by atoms with Crippen molar-refractivity contribution in [3.05, 3.63) is 23.0 Å². The predicted octanol–water partition coefficient (Wildman–Crippen LogP) is 2.75. The molecular formula is C12H21NO2. The monoisotopic (exact) mass is 211 g/mol. The molecule has 0 saturated heterocycles. The highest BCUT2D eigenvalue weighted by atomic mass is 16.5. The van der Waals surface area contributed by atoms with E-state index in [0.717, 1.165) is 17.7 Å². The topological polar surface area (TPSA) is 38.3 Å². The molecule has 0 spiro atoms. The molecule has 0 aromatic heterocycles. The van der Waals surface area contributed by atoms with E-state index in [4.69, 9.17) is 4.74 Å². The predicted molar refractivity (Wildman–Crippen MR) is 62.2 cm³/mol. The van der Waals surface area contributed by atoms with Gasteiger partial charge in [-0.15, -0.1) is 0 Å². The van der Waals surface area contributed by atoms with Gasteiger partial charge in [0.25, 0.3) is 0 Å². The fourth-order valence-electron chi connectivity index (χ4n) is 1.14. The Balaban J connectivity index is 4.65. The van der Waals surface area contributed by atoms with E-state index in [-0.39, 0.29) is 5.97 Å². The lowest BCUT2D eigenvalue weighted by Gasteiger charge is -2.12. The van der Waals surface area contributed by atoms with Crippen molar-refractivity contribution in [3.8, 4) is 0 Å². The SMILES string of the molecule is CC/C=C(\C)NC(C(=O)OCC)=C(C)C. The summed E-state index contributed by atoms with van der Waals surface area (Å²) in [6, 6.07) is 0. The molecule has 0 aromatic carbocycles. The van der Waals surface area contributed by atoms with Crippen LogP contribution in [0.3, 0.4) is 0 Å². The van der Waals surface area contributed by atoms with Gasteiger partial charge in [0.05, 0.1) is 6.61 Å². The smallest absolute Gasteiger partial charge is 0.354 e. The minimum absolute atomic E-state index is 0.290. The van der Waals surface area contributed by atoms with Crippen LogP contribution in [0.15, 0.2) is 23.0 Å².